The van der Waals surface area contributed by atoms with E-state index >= 15 is 0 Å². The number of hydrogen-bond donors (Lipinski definition) is 3. The Morgan fingerprint density at radius 2 is 2.25 bits per heavy atom. The largest absolute Gasteiger partial charge is 0.396 e. The maximum Gasteiger partial charge on any atom is 0.224 e. The van der Waals surface area contributed by atoms with Crippen LogP contribution in [0.5, 0.6) is 0 Å². The van der Waals surface area contributed by atoms with Gasteiger partial charge in [-0.3, -0.25) is 4.79 Å². The number of aryl methyl sites for hydroxylation is 1. The van der Waals surface area contributed by atoms with Crippen LogP contribution in [0.1, 0.15) is 24.0 Å². The Hall–Kier alpha value is -1.81. The van der Waals surface area contributed by atoms with Crippen molar-refractivity contribution in [3.05, 3.63) is 35.5 Å². The maximum absolute atomic E-state index is 12.0. The number of nitrogens with one attached hydrogen (secondary N) is 2. The smallest absolute Gasteiger partial charge is 0.224 e. The molecule has 0 aliphatic heterocycles. The minimum atomic E-state index is -0.0353. The lowest BCUT2D eigenvalue weighted by Gasteiger charge is -2.12. The van der Waals surface area contributed by atoms with Gasteiger partial charge in [-0.25, -0.2) is 0 Å². The van der Waals surface area contributed by atoms with E-state index in [-0.39, 0.29) is 17.9 Å². The van der Waals surface area contributed by atoms with E-state index in [2.05, 4.69) is 23.3 Å². The minimum Gasteiger partial charge on any atom is -0.396 e. The number of fused-ring (bicyclic) bond motifs is 1. The Bertz CT molecular complexity index is 641. The number of para-hydroxylation sites is 1. The fourth-order valence-electron chi connectivity index (χ4n) is 2.60. The number of amides is 1. The second kappa shape index (κ2) is 4.94. The van der Waals surface area contributed by atoms with Gasteiger partial charge in [-0.2, -0.15) is 0 Å². The SMILES string of the molecule is Cc1cccc2c(CC(=O)NCC3(CO)CC3)c[nH]c12. The highest BCUT2D eigenvalue weighted by Crippen LogP contribution is 2.44. The average Bonchev–Trinajstić information content (AvgIpc) is 3.13. The number of aromatic amines is 1. The van der Waals surface area contributed by atoms with Crippen LogP contribution < -0.4 is 5.32 Å². The van der Waals surface area contributed by atoms with Crippen LogP contribution in [0.3, 0.4) is 0 Å². The molecule has 1 aromatic heterocycles. The number of aromatic nitrogens is 1. The Kier molecular flexibility index (Phi) is 3.26. The standard InChI is InChI=1S/C16H20N2O2/c1-11-3-2-4-13-12(8-17-15(11)13)7-14(20)18-9-16(10-19)5-6-16/h2-4,8,17,19H,5-7,9-10H2,1H3,(H,18,20). The number of benzene rings is 1. The summed E-state index contributed by atoms with van der Waals surface area (Å²) in [5.74, 6) is 0.0205. The molecule has 4 nitrogen and oxygen atoms in total. The van der Waals surface area contributed by atoms with Crippen LogP contribution in [0.4, 0.5) is 0 Å². The van der Waals surface area contributed by atoms with Gasteiger partial charge in [0.2, 0.25) is 5.91 Å². The summed E-state index contributed by atoms with van der Waals surface area (Å²) in [4.78, 5) is 15.3. The molecule has 20 heavy (non-hydrogen) atoms. The first kappa shape index (κ1) is 13.2. The third-order valence-corrected chi connectivity index (χ3v) is 4.31. The predicted molar refractivity (Wildman–Crippen MR) is 78.5 cm³/mol. The van der Waals surface area contributed by atoms with Gasteiger partial charge in [0.25, 0.3) is 0 Å². The minimum absolute atomic E-state index is 0.0205. The topological polar surface area (TPSA) is 65.1 Å². The molecule has 1 heterocycles. The van der Waals surface area contributed by atoms with Crippen LogP contribution >= 0.6 is 0 Å². The summed E-state index contributed by atoms with van der Waals surface area (Å²) in [6, 6.07) is 6.11. The number of rotatable bonds is 5. The molecule has 3 rings (SSSR count). The quantitative estimate of drug-likeness (QED) is 0.778. The average molecular weight is 272 g/mol. The molecule has 3 N–H and O–H groups in total. The van der Waals surface area contributed by atoms with Crippen LogP contribution in [-0.2, 0) is 11.2 Å². The summed E-state index contributed by atoms with van der Waals surface area (Å²) in [6.07, 6.45) is 4.31. The van der Waals surface area contributed by atoms with Crippen molar-refractivity contribution >= 4 is 16.8 Å². The van der Waals surface area contributed by atoms with E-state index in [1.54, 1.807) is 0 Å². The molecule has 106 valence electrons. The molecule has 1 fully saturated rings. The summed E-state index contributed by atoms with van der Waals surface area (Å²) in [5.41, 5.74) is 3.28. The van der Waals surface area contributed by atoms with Gasteiger partial charge in [0.15, 0.2) is 0 Å². The van der Waals surface area contributed by atoms with E-state index in [0.29, 0.717) is 13.0 Å². The molecule has 1 aliphatic rings. The molecule has 0 saturated heterocycles. The fourth-order valence-corrected chi connectivity index (χ4v) is 2.60. The highest BCUT2D eigenvalue weighted by atomic mass is 16.3. The molecule has 1 amide bonds. The number of aliphatic hydroxyl groups is 1. The predicted octanol–water partition coefficient (Wildman–Crippen LogP) is 1.91. The molecular weight excluding hydrogens is 252 g/mol. The third kappa shape index (κ3) is 2.43. The van der Waals surface area contributed by atoms with Crippen molar-refractivity contribution in [2.24, 2.45) is 5.41 Å². The van der Waals surface area contributed by atoms with Gasteiger partial charge < -0.3 is 15.4 Å². The van der Waals surface area contributed by atoms with Gasteiger partial charge in [-0.1, -0.05) is 18.2 Å². The van der Waals surface area contributed by atoms with Gasteiger partial charge in [0.05, 0.1) is 13.0 Å². The molecule has 1 saturated carbocycles. The summed E-state index contributed by atoms with van der Waals surface area (Å²) < 4.78 is 0. The Morgan fingerprint density at radius 1 is 1.45 bits per heavy atom. The Labute approximate surface area is 118 Å². The van der Waals surface area contributed by atoms with Gasteiger partial charge in [0, 0.05) is 29.1 Å². The normalized spacial score (nSPS) is 16.3. The number of carbonyl (C=O) groups is 1. The van der Waals surface area contributed by atoms with Crippen LogP contribution in [0.25, 0.3) is 10.9 Å². The molecule has 1 aromatic carbocycles. The van der Waals surface area contributed by atoms with E-state index in [9.17, 15) is 9.90 Å². The third-order valence-electron chi connectivity index (χ3n) is 4.31. The zero-order chi connectivity index (χ0) is 14.2. The number of H-pyrrole nitrogens is 1. The second-order valence-corrected chi connectivity index (χ2v) is 5.92. The van der Waals surface area contributed by atoms with Crippen LogP contribution in [0.2, 0.25) is 0 Å². The zero-order valence-corrected chi connectivity index (χ0v) is 11.7. The Morgan fingerprint density at radius 3 is 2.95 bits per heavy atom. The van der Waals surface area contributed by atoms with E-state index in [4.69, 9.17) is 0 Å². The molecule has 0 unspecified atom stereocenters. The summed E-state index contributed by atoms with van der Waals surface area (Å²) >= 11 is 0. The van der Waals surface area contributed by atoms with Crippen molar-refractivity contribution in [2.75, 3.05) is 13.2 Å². The van der Waals surface area contributed by atoms with Crippen molar-refractivity contribution in [2.45, 2.75) is 26.2 Å². The molecular formula is C16H20N2O2. The van der Waals surface area contributed by atoms with Gasteiger partial charge in [0.1, 0.15) is 0 Å². The van der Waals surface area contributed by atoms with E-state index in [1.165, 1.54) is 5.56 Å². The van der Waals surface area contributed by atoms with Crippen LogP contribution in [-0.4, -0.2) is 29.1 Å². The number of aliphatic hydroxyl groups excluding tert-OH is 1. The molecule has 0 spiro atoms. The van der Waals surface area contributed by atoms with Crippen LogP contribution in [0, 0.1) is 12.3 Å². The van der Waals surface area contributed by atoms with Gasteiger partial charge in [-0.05, 0) is 30.9 Å². The first-order chi connectivity index (χ1) is 9.63. The van der Waals surface area contributed by atoms with Gasteiger partial charge in [-0.15, -0.1) is 0 Å². The van der Waals surface area contributed by atoms with E-state index in [1.807, 2.05) is 18.3 Å². The lowest BCUT2D eigenvalue weighted by Crippen LogP contribution is -2.32. The Balaban J connectivity index is 1.67. The van der Waals surface area contributed by atoms with Gasteiger partial charge >= 0.3 is 0 Å². The highest BCUT2D eigenvalue weighted by Gasteiger charge is 2.41. The van der Waals surface area contributed by atoms with Crippen molar-refractivity contribution in [1.29, 1.82) is 0 Å². The lowest BCUT2D eigenvalue weighted by molar-refractivity contribution is -0.120. The molecule has 2 aromatic rings. The van der Waals surface area contributed by atoms with Crippen molar-refractivity contribution in [3.8, 4) is 0 Å². The van der Waals surface area contributed by atoms with E-state index < -0.39 is 0 Å². The monoisotopic (exact) mass is 272 g/mol. The number of carbonyl (C=O) groups excluding carboxylic acids is 1. The van der Waals surface area contributed by atoms with Crippen molar-refractivity contribution in [3.63, 3.8) is 0 Å². The number of hydrogen-bond acceptors (Lipinski definition) is 2. The summed E-state index contributed by atoms with van der Waals surface area (Å²) in [6.45, 7) is 2.81. The molecule has 0 radical (unpaired) electrons. The second-order valence-electron chi connectivity index (χ2n) is 5.92. The van der Waals surface area contributed by atoms with Crippen molar-refractivity contribution in [1.82, 2.24) is 10.3 Å². The highest BCUT2D eigenvalue weighted by molar-refractivity contribution is 5.90. The van der Waals surface area contributed by atoms with Crippen molar-refractivity contribution < 1.29 is 9.90 Å². The zero-order valence-electron chi connectivity index (χ0n) is 11.7. The first-order valence-corrected chi connectivity index (χ1v) is 7.07. The molecule has 0 atom stereocenters. The molecule has 1 aliphatic carbocycles. The van der Waals surface area contributed by atoms with Crippen LogP contribution in [0.15, 0.2) is 24.4 Å². The summed E-state index contributed by atoms with van der Waals surface area (Å²) in [7, 11) is 0. The molecule has 0 bridgehead atoms. The van der Waals surface area contributed by atoms with E-state index in [0.717, 1.165) is 29.3 Å². The fraction of sp³-hybridized carbons (Fsp3) is 0.438. The molecule has 4 heteroatoms. The maximum atomic E-state index is 12.0. The summed E-state index contributed by atoms with van der Waals surface area (Å²) in [5, 5.41) is 13.3. The first-order valence-electron chi connectivity index (χ1n) is 7.07. The lowest BCUT2D eigenvalue weighted by atomic mass is 10.1.